The molecule has 19 heavy (non-hydrogen) atoms. The van der Waals surface area contributed by atoms with Crippen LogP contribution < -0.4 is 5.32 Å². The van der Waals surface area contributed by atoms with Gasteiger partial charge in [-0.25, -0.2) is 4.98 Å². The summed E-state index contributed by atoms with van der Waals surface area (Å²) in [6.07, 6.45) is 0.918. The van der Waals surface area contributed by atoms with Gasteiger partial charge in [-0.3, -0.25) is 0 Å². The van der Waals surface area contributed by atoms with Crippen molar-refractivity contribution in [2.75, 3.05) is 6.54 Å². The van der Waals surface area contributed by atoms with Gasteiger partial charge in [0.15, 0.2) is 0 Å². The summed E-state index contributed by atoms with van der Waals surface area (Å²) in [4.78, 5) is 4.44. The molecule has 4 heteroatoms. The van der Waals surface area contributed by atoms with Gasteiger partial charge in [0.2, 0.25) is 0 Å². The lowest BCUT2D eigenvalue weighted by Gasteiger charge is -2.16. The fraction of sp³-hybridized carbons (Fsp3) is 0.400. The first-order chi connectivity index (χ1) is 9.06. The first-order valence-corrected chi connectivity index (χ1v) is 7.38. The normalized spacial score (nSPS) is 12.6. The van der Waals surface area contributed by atoms with E-state index in [9.17, 15) is 5.11 Å². The molecule has 1 atom stereocenters. The van der Waals surface area contributed by atoms with Crippen molar-refractivity contribution in [2.45, 2.75) is 33.2 Å². The fourth-order valence-corrected chi connectivity index (χ4v) is 2.72. The first kappa shape index (κ1) is 14.0. The highest BCUT2D eigenvalue weighted by atomic mass is 32.1. The number of nitrogens with one attached hydrogen (secondary N) is 1. The van der Waals surface area contributed by atoms with E-state index in [0.717, 1.165) is 34.8 Å². The topological polar surface area (TPSA) is 45.1 Å². The molecule has 0 saturated heterocycles. The molecular weight excluding hydrogens is 256 g/mol. The molecule has 0 aliphatic carbocycles. The van der Waals surface area contributed by atoms with Crippen LogP contribution in [0.15, 0.2) is 23.6 Å². The summed E-state index contributed by atoms with van der Waals surface area (Å²) in [5, 5.41) is 16.5. The minimum Gasteiger partial charge on any atom is -0.508 e. The van der Waals surface area contributed by atoms with Crippen molar-refractivity contribution < 1.29 is 5.11 Å². The number of aromatic hydroxyl groups is 1. The average molecular weight is 276 g/mol. The predicted octanol–water partition coefficient (Wildman–Crippen LogP) is 3.36. The monoisotopic (exact) mass is 276 g/mol. The Kier molecular flexibility index (Phi) is 4.56. The van der Waals surface area contributed by atoms with Crippen molar-refractivity contribution in [2.24, 2.45) is 0 Å². The Bertz CT molecular complexity index is 551. The SMILES string of the molecule is Cc1ccc(O)c(C(C)NCCc2csc(C)n2)c1. The highest BCUT2D eigenvalue weighted by molar-refractivity contribution is 7.09. The van der Waals surface area contributed by atoms with Gasteiger partial charge in [0.1, 0.15) is 5.75 Å². The predicted molar refractivity (Wildman–Crippen MR) is 79.8 cm³/mol. The second-order valence-electron chi connectivity index (χ2n) is 4.85. The van der Waals surface area contributed by atoms with Crippen LogP contribution in [0, 0.1) is 13.8 Å². The second kappa shape index (κ2) is 6.17. The lowest BCUT2D eigenvalue weighted by Crippen LogP contribution is -2.21. The van der Waals surface area contributed by atoms with Crippen LogP contribution in [0.2, 0.25) is 0 Å². The van der Waals surface area contributed by atoms with Crippen LogP contribution in [0.3, 0.4) is 0 Å². The molecule has 2 rings (SSSR count). The van der Waals surface area contributed by atoms with E-state index >= 15 is 0 Å². The summed E-state index contributed by atoms with van der Waals surface area (Å²) in [5.74, 6) is 0.357. The quantitative estimate of drug-likeness (QED) is 0.880. The van der Waals surface area contributed by atoms with Gasteiger partial charge in [0.05, 0.1) is 10.7 Å². The van der Waals surface area contributed by atoms with Gasteiger partial charge in [-0.2, -0.15) is 0 Å². The molecule has 2 N–H and O–H groups in total. The summed E-state index contributed by atoms with van der Waals surface area (Å²) in [6, 6.07) is 5.84. The fourth-order valence-electron chi connectivity index (χ4n) is 2.07. The van der Waals surface area contributed by atoms with E-state index < -0.39 is 0 Å². The molecule has 102 valence electrons. The number of rotatable bonds is 5. The van der Waals surface area contributed by atoms with E-state index in [4.69, 9.17) is 0 Å². The van der Waals surface area contributed by atoms with E-state index in [1.54, 1.807) is 17.4 Å². The van der Waals surface area contributed by atoms with E-state index in [1.165, 1.54) is 0 Å². The van der Waals surface area contributed by atoms with Crippen molar-refractivity contribution in [3.63, 3.8) is 0 Å². The molecule has 3 nitrogen and oxygen atoms in total. The van der Waals surface area contributed by atoms with Crippen LogP contribution in [0.25, 0.3) is 0 Å². The van der Waals surface area contributed by atoms with Gasteiger partial charge in [-0.05, 0) is 26.8 Å². The van der Waals surface area contributed by atoms with Crippen molar-refractivity contribution in [3.05, 3.63) is 45.4 Å². The maximum absolute atomic E-state index is 9.87. The maximum atomic E-state index is 9.87. The van der Waals surface area contributed by atoms with Crippen molar-refractivity contribution >= 4 is 11.3 Å². The molecular formula is C15H20N2OS. The third kappa shape index (κ3) is 3.78. The molecule has 2 aromatic rings. The molecule has 0 amide bonds. The molecule has 0 saturated carbocycles. The molecule has 0 bridgehead atoms. The van der Waals surface area contributed by atoms with Gasteiger partial charge in [0.25, 0.3) is 0 Å². The summed E-state index contributed by atoms with van der Waals surface area (Å²) in [6.45, 7) is 6.99. The number of phenolic OH excluding ortho intramolecular Hbond substituents is 1. The van der Waals surface area contributed by atoms with Crippen molar-refractivity contribution in [1.82, 2.24) is 10.3 Å². The average Bonchev–Trinajstić information content (AvgIpc) is 2.78. The number of thiazole rings is 1. The number of hydrogen-bond donors (Lipinski definition) is 2. The van der Waals surface area contributed by atoms with Gasteiger partial charge >= 0.3 is 0 Å². The summed E-state index contributed by atoms with van der Waals surface area (Å²) < 4.78 is 0. The first-order valence-electron chi connectivity index (χ1n) is 6.50. The van der Waals surface area contributed by atoms with Crippen LogP contribution in [-0.2, 0) is 6.42 Å². The Balaban J connectivity index is 1.90. The molecule has 0 aliphatic heterocycles. The molecule has 1 aromatic heterocycles. The van der Waals surface area contributed by atoms with Crippen LogP contribution in [0.5, 0.6) is 5.75 Å². The standard InChI is InChI=1S/C15H20N2OS/c1-10-4-5-15(18)14(8-10)11(2)16-7-6-13-9-19-12(3)17-13/h4-5,8-9,11,16,18H,6-7H2,1-3H3. The van der Waals surface area contributed by atoms with Gasteiger partial charge in [0, 0.05) is 30.0 Å². The van der Waals surface area contributed by atoms with Crippen LogP contribution in [0.4, 0.5) is 0 Å². The smallest absolute Gasteiger partial charge is 0.120 e. The number of phenols is 1. The van der Waals surface area contributed by atoms with Crippen LogP contribution in [0.1, 0.15) is 34.8 Å². The largest absolute Gasteiger partial charge is 0.508 e. The molecule has 1 aromatic carbocycles. The second-order valence-corrected chi connectivity index (χ2v) is 5.91. The Morgan fingerprint density at radius 2 is 2.16 bits per heavy atom. The minimum atomic E-state index is 0.139. The molecule has 0 fully saturated rings. The maximum Gasteiger partial charge on any atom is 0.120 e. The molecule has 0 aliphatic rings. The number of nitrogens with zero attached hydrogens (tertiary/aromatic N) is 1. The lowest BCUT2D eigenvalue weighted by molar-refractivity contribution is 0.453. The van der Waals surface area contributed by atoms with E-state index in [-0.39, 0.29) is 6.04 Å². The Labute approximate surface area is 118 Å². The lowest BCUT2D eigenvalue weighted by atomic mass is 10.0. The van der Waals surface area contributed by atoms with Crippen molar-refractivity contribution in [1.29, 1.82) is 0 Å². The molecule has 1 heterocycles. The zero-order valence-corrected chi connectivity index (χ0v) is 12.4. The van der Waals surface area contributed by atoms with Crippen LogP contribution >= 0.6 is 11.3 Å². The molecule has 0 spiro atoms. The number of hydrogen-bond acceptors (Lipinski definition) is 4. The Morgan fingerprint density at radius 3 is 2.84 bits per heavy atom. The third-order valence-electron chi connectivity index (χ3n) is 3.15. The zero-order valence-electron chi connectivity index (χ0n) is 11.6. The number of aryl methyl sites for hydroxylation is 2. The van der Waals surface area contributed by atoms with Crippen molar-refractivity contribution in [3.8, 4) is 5.75 Å². The third-order valence-corrected chi connectivity index (χ3v) is 3.97. The Hall–Kier alpha value is -1.39. The number of benzene rings is 1. The van der Waals surface area contributed by atoms with Gasteiger partial charge in [-0.15, -0.1) is 11.3 Å². The van der Waals surface area contributed by atoms with E-state index in [0.29, 0.717) is 5.75 Å². The highest BCUT2D eigenvalue weighted by Gasteiger charge is 2.10. The number of aromatic nitrogens is 1. The molecule has 0 radical (unpaired) electrons. The van der Waals surface area contributed by atoms with E-state index in [1.807, 2.05) is 26.0 Å². The van der Waals surface area contributed by atoms with Gasteiger partial charge < -0.3 is 10.4 Å². The van der Waals surface area contributed by atoms with E-state index in [2.05, 4.69) is 22.6 Å². The molecule has 1 unspecified atom stereocenters. The summed E-state index contributed by atoms with van der Waals surface area (Å²) >= 11 is 1.69. The Morgan fingerprint density at radius 1 is 1.37 bits per heavy atom. The summed E-state index contributed by atoms with van der Waals surface area (Å²) in [5.41, 5.74) is 3.25. The van der Waals surface area contributed by atoms with Crippen LogP contribution in [-0.4, -0.2) is 16.6 Å². The zero-order chi connectivity index (χ0) is 13.8. The van der Waals surface area contributed by atoms with Gasteiger partial charge in [-0.1, -0.05) is 17.7 Å². The summed E-state index contributed by atoms with van der Waals surface area (Å²) in [7, 11) is 0. The minimum absolute atomic E-state index is 0.139. The highest BCUT2D eigenvalue weighted by Crippen LogP contribution is 2.24.